The zero-order chi connectivity index (χ0) is 11.8. The molecule has 0 radical (unpaired) electrons. The van der Waals surface area contributed by atoms with Gasteiger partial charge in [0, 0.05) is 13.6 Å². The van der Waals surface area contributed by atoms with Gasteiger partial charge in [0.15, 0.2) is 0 Å². The molecule has 0 bridgehead atoms. The lowest BCUT2D eigenvalue weighted by molar-refractivity contribution is -0.140. The second-order valence-corrected chi connectivity index (χ2v) is 3.00. The van der Waals surface area contributed by atoms with Crippen LogP contribution < -0.4 is 5.32 Å². The smallest absolute Gasteiger partial charge is 0.323 e. The molecule has 0 atom stereocenters. The maximum atomic E-state index is 11.2. The first-order chi connectivity index (χ1) is 7.01. The SMILES string of the molecule is COC(=O)CCN(C)C(=O)NC(=O)CCl. The zero-order valence-electron chi connectivity index (χ0n) is 8.58. The van der Waals surface area contributed by atoms with E-state index in [1.807, 2.05) is 5.32 Å². The molecule has 0 saturated heterocycles. The van der Waals surface area contributed by atoms with Crippen molar-refractivity contribution in [1.82, 2.24) is 10.2 Å². The van der Waals surface area contributed by atoms with Gasteiger partial charge in [-0.3, -0.25) is 14.9 Å². The average Bonchev–Trinajstić information content (AvgIpc) is 2.24. The second kappa shape index (κ2) is 7.05. The number of hydrogen-bond acceptors (Lipinski definition) is 4. The molecule has 0 saturated carbocycles. The molecule has 0 aromatic carbocycles. The summed E-state index contributed by atoms with van der Waals surface area (Å²) in [4.78, 5) is 33.9. The van der Waals surface area contributed by atoms with Gasteiger partial charge in [0.2, 0.25) is 5.91 Å². The van der Waals surface area contributed by atoms with Crippen LogP contribution in [0, 0.1) is 0 Å². The number of urea groups is 1. The molecule has 0 aliphatic carbocycles. The Morgan fingerprint density at radius 1 is 1.40 bits per heavy atom. The Labute approximate surface area is 92.5 Å². The standard InChI is InChI=1S/C8H13ClN2O4/c1-11(4-3-7(13)15-2)8(14)10-6(12)5-9/h3-5H2,1-2H3,(H,10,12,14). The molecule has 0 spiro atoms. The van der Waals surface area contributed by atoms with Gasteiger partial charge in [-0.25, -0.2) is 4.79 Å². The first-order valence-corrected chi connectivity index (χ1v) is 4.72. The van der Waals surface area contributed by atoms with Crippen LogP contribution in [0.25, 0.3) is 0 Å². The number of nitrogens with zero attached hydrogens (tertiary/aromatic N) is 1. The summed E-state index contributed by atoms with van der Waals surface area (Å²) in [6, 6.07) is -0.593. The number of ether oxygens (including phenoxy) is 1. The van der Waals surface area contributed by atoms with Crippen molar-refractivity contribution >= 4 is 29.5 Å². The zero-order valence-corrected chi connectivity index (χ0v) is 9.34. The van der Waals surface area contributed by atoms with Gasteiger partial charge in [-0.1, -0.05) is 0 Å². The van der Waals surface area contributed by atoms with Gasteiger partial charge in [0.1, 0.15) is 5.88 Å². The third kappa shape index (κ3) is 5.90. The largest absolute Gasteiger partial charge is 0.469 e. The minimum absolute atomic E-state index is 0.0789. The summed E-state index contributed by atoms with van der Waals surface area (Å²) < 4.78 is 4.40. The molecular weight excluding hydrogens is 224 g/mol. The van der Waals surface area contributed by atoms with Crippen LogP contribution in [0.1, 0.15) is 6.42 Å². The third-order valence-corrected chi connectivity index (χ3v) is 1.84. The summed E-state index contributed by atoms with van der Waals surface area (Å²) in [6.45, 7) is 0.175. The normalized spacial score (nSPS) is 9.27. The Bertz CT molecular complexity index is 257. The van der Waals surface area contributed by atoms with Crippen LogP contribution >= 0.6 is 11.6 Å². The lowest BCUT2D eigenvalue weighted by atomic mass is 10.4. The van der Waals surface area contributed by atoms with E-state index in [1.165, 1.54) is 19.1 Å². The summed E-state index contributed by atoms with van der Waals surface area (Å²) in [5, 5.41) is 2.04. The van der Waals surface area contributed by atoms with Crippen LogP contribution in [0.2, 0.25) is 0 Å². The maximum absolute atomic E-state index is 11.2. The molecule has 1 N–H and O–H groups in total. The molecule has 0 fully saturated rings. The number of nitrogens with one attached hydrogen (secondary N) is 1. The van der Waals surface area contributed by atoms with Gasteiger partial charge < -0.3 is 9.64 Å². The number of rotatable bonds is 4. The maximum Gasteiger partial charge on any atom is 0.323 e. The minimum Gasteiger partial charge on any atom is -0.469 e. The first-order valence-electron chi connectivity index (χ1n) is 4.19. The summed E-state index contributed by atoms with van der Waals surface area (Å²) >= 11 is 5.19. The van der Waals surface area contributed by atoms with Gasteiger partial charge >= 0.3 is 12.0 Å². The summed E-state index contributed by atoms with van der Waals surface area (Å²) in [6.07, 6.45) is 0.0789. The fourth-order valence-electron chi connectivity index (χ4n) is 0.711. The number of alkyl halides is 1. The van der Waals surface area contributed by atoms with Crippen molar-refractivity contribution < 1.29 is 19.1 Å². The van der Waals surface area contributed by atoms with Crippen molar-refractivity contribution in [3.05, 3.63) is 0 Å². The summed E-state index contributed by atoms with van der Waals surface area (Å²) in [5.41, 5.74) is 0. The lowest BCUT2D eigenvalue weighted by Crippen LogP contribution is -2.42. The predicted molar refractivity (Wildman–Crippen MR) is 53.5 cm³/mol. The van der Waals surface area contributed by atoms with E-state index >= 15 is 0 Å². The topological polar surface area (TPSA) is 75.7 Å². The van der Waals surface area contributed by atoms with Gasteiger partial charge in [0.05, 0.1) is 13.5 Å². The van der Waals surface area contributed by atoms with E-state index in [4.69, 9.17) is 11.6 Å². The van der Waals surface area contributed by atoms with E-state index in [0.29, 0.717) is 0 Å². The van der Waals surface area contributed by atoms with Crippen LogP contribution in [0.4, 0.5) is 4.79 Å². The van der Waals surface area contributed by atoms with Crippen LogP contribution in [0.15, 0.2) is 0 Å². The summed E-state index contributed by atoms with van der Waals surface area (Å²) in [7, 11) is 2.72. The highest BCUT2D eigenvalue weighted by Gasteiger charge is 2.12. The van der Waals surface area contributed by atoms with E-state index in [2.05, 4.69) is 4.74 Å². The number of amides is 3. The van der Waals surface area contributed by atoms with E-state index in [0.717, 1.165) is 0 Å². The van der Waals surface area contributed by atoms with Gasteiger partial charge in [-0.2, -0.15) is 0 Å². The van der Waals surface area contributed by atoms with Crippen molar-refractivity contribution in [3.8, 4) is 0 Å². The lowest BCUT2D eigenvalue weighted by Gasteiger charge is -2.15. The third-order valence-electron chi connectivity index (χ3n) is 1.59. The molecule has 0 rings (SSSR count). The minimum atomic E-state index is -0.593. The Morgan fingerprint density at radius 2 is 2.00 bits per heavy atom. The van der Waals surface area contributed by atoms with Crippen molar-refractivity contribution in [1.29, 1.82) is 0 Å². The molecule has 0 unspecified atom stereocenters. The molecule has 7 heteroatoms. The number of halogens is 1. The van der Waals surface area contributed by atoms with Gasteiger partial charge in [-0.15, -0.1) is 11.6 Å². The number of carbonyl (C=O) groups excluding carboxylic acids is 3. The molecular formula is C8H13ClN2O4. The highest BCUT2D eigenvalue weighted by Crippen LogP contribution is 1.91. The highest BCUT2D eigenvalue weighted by molar-refractivity contribution is 6.28. The quantitative estimate of drug-likeness (QED) is 0.549. The highest BCUT2D eigenvalue weighted by atomic mass is 35.5. The Hall–Kier alpha value is -1.30. The molecule has 0 aromatic rings. The molecule has 86 valence electrons. The Balaban J connectivity index is 3.89. The van der Waals surface area contributed by atoms with E-state index < -0.39 is 17.9 Å². The van der Waals surface area contributed by atoms with Crippen molar-refractivity contribution in [3.63, 3.8) is 0 Å². The molecule has 0 aromatic heterocycles. The number of methoxy groups -OCH3 is 1. The van der Waals surface area contributed by atoms with Gasteiger partial charge in [0.25, 0.3) is 0 Å². The molecule has 0 heterocycles. The van der Waals surface area contributed by atoms with Crippen LogP contribution in [-0.4, -0.2) is 49.4 Å². The number of hydrogen-bond donors (Lipinski definition) is 1. The average molecular weight is 237 g/mol. The molecule has 15 heavy (non-hydrogen) atoms. The molecule has 0 aliphatic heterocycles. The van der Waals surface area contributed by atoms with Crippen LogP contribution in [0.5, 0.6) is 0 Å². The van der Waals surface area contributed by atoms with Crippen LogP contribution in [-0.2, 0) is 14.3 Å². The number of carbonyl (C=O) groups is 3. The van der Waals surface area contributed by atoms with Crippen LogP contribution in [0.3, 0.4) is 0 Å². The fraction of sp³-hybridized carbons (Fsp3) is 0.625. The predicted octanol–water partition coefficient (Wildman–Crippen LogP) is -0.0437. The van der Waals surface area contributed by atoms with Crippen molar-refractivity contribution in [2.45, 2.75) is 6.42 Å². The Morgan fingerprint density at radius 3 is 2.47 bits per heavy atom. The van der Waals surface area contributed by atoms with E-state index in [1.54, 1.807) is 0 Å². The van der Waals surface area contributed by atoms with E-state index in [9.17, 15) is 14.4 Å². The second-order valence-electron chi connectivity index (χ2n) is 2.73. The molecule has 0 aliphatic rings. The Kier molecular flexibility index (Phi) is 6.44. The van der Waals surface area contributed by atoms with Gasteiger partial charge in [-0.05, 0) is 0 Å². The van der Waals surface area contributed by atoms with Crippen molar-refractivity contribution in [2.75, 3.05) is 26.6 Å². The molecule has 3 amide bonds. The number of imide groups is 1. The summed E-state index contributed by atoms with van der Waals surface area (Å²) in [5.74, 6) is -1.28. The number of esters is 1. The fourth-order valence-corrected chi connectivity index (χ4v) is 0.778. The monoisotopic (exact) mass is 236 g/mol. The van der Waals surface area contributed by atoms with E-state index in [-0.39, 0.29) is 18.8 Å². The van der Waals surface area contributed by atoms with Crippen molar-refractivity contribution in [2.24, 2.45) is 0 Å². The first kappa shape index (κ1) is 13.7. The molecule has 6 nitrogen and oxygen atoms in total.